The van der Waals surface area contributed by atoms with Gasteiger partial charge in [-0.15, -0.1) is 47.0 Å². The van der Waals surface area contributed by atoms with Crippen LogP contribution in [-0.4, -0.2) is 39.6 Å². The number of allylic oxidation sites excluding steroid dienone is 2. The van der Waals surface area contributed by atoms with Crippen LogP contribution >= 0.6 is 47.0 Å². The standard InChI is InChI=1S/C27H41NO2S4/c1-5-9-16-31-26(32-17-10-6-2)20-24(29)22-14-13-15-23(28-22)25(30)21-27(33-18-11-7-3)34-19-12-8-4/h13-15,20-21H,5-12,16-19H2,1-4H3. The fraction of sp³-hybridized carbons (Fsp3) is 0.593. The van der Waals surface area contributed by atoms with Crippen molar-refractivity contribution in [3.8, 4) is 0 Å². The van der Waals surface area contributed by atoms with Gasteiger partial charge >= 0.3 is 0 Å². The molecular formula is C27H41NO2S4. The van der Waals surface area contributed by atoms with E-state index in [1.54, 1.807) is 77.4 Å². The van der Waals surface area contributed by atoms with Crippen molar-refractivity contribution in [3.05, 3.63) is 50.2 Å². The summed E-state index contributed by atoms with van der Waals surface area (Å²) in [7, 11) is 0. The number of hydrogen-bond acceptors (Lipinski definition) is 7. The second kappa shape index (κ2) is 20.6. The molecular weight excluding hydrogens is 499 g/mol. The van der Waals surface area contributed by atoms with E-state index in [2.05, 4.69) is 32.7 Å². The maximum atomic E-state index is 13.0. The number of pyridine rings is 1. The molecule has 0 atom stereocenters. The first-order valence-corrected chi connectivity index (χ1v) is 16.5. The summed E-state index contributed by atoms with van der Waals surface area (Å²) in [5, 5.41) is 0. The van der Waals surface area contributed by atoms with Crippen LogP contribution in [0.4, 0.5) is 0 Å². The van der Waals surface area contributed by atoms with Gasteiger partial charge in [0.2, 0.25) is 11.6 Å². The molecule has 0 fully saturated rings. The molecule has 0 aliphatic rings. The van der Waals surface area contributed by atoms with E-state index in [0.717, 1.165) is 82.9 Å². The summed E-state index contributed by atoms with van der Waals surface area (Å²) in [4.78, 5) is 30.4. The van der Waals surface area contributed by atoms with E-state index < -0.39 is 0 Å². The molecule has 0 bridgehead atoms. The number of aromatic nitrogens is 1. The van der Waals surface area contributed by atoms with Gasteiger partial charge in [-0.25, -0.2) is 4.98 Å². The number of hydrogen-bond donors (Lipinski definition) is 0. The first kappa shape index (κ1) is 31.4. The Kier molecular flexibility index (Phi) is 19.0. The summed E-state index contributed by atoms with van der Waals surface area (Å²) in [6.45, 7) is 8.71. The lowest BCUT2D eigenvalue weighted by atomic mass is 10.2. The largest absolute Gasteiger partial charge is 0.287 e. The van der Waals surface area contributed by atoms with Crippen LogP contribution in [0.5, 0.6) is 0 Å². The number of ketones is 2. The maximum Gasteiger partial charge on any atom is 0.205 e. The fourth-order valence-corrected chi connectivity index (χ4v) is 7.55. The number of rotatable bonds is 20. The molecule has 0 unspecified atom stereocenters. The third-order valence-electron chi connectivity index (χ3n) is 4.72. The molecule has 1 aromatic rings. The first-order chi connectivity index (χ1) is 16.5. The summed E-state index contributed by atoms with van der Waals surface area (Å²) in [5.74, 6) is 3.80. The van der Waals surface area contributed by atoms with Crippen molar-refractivity contribution in [2.45, 2.75) is 79.1 Å². The topological polar surface area (TPSA) is 47.0 Å². The van der Waals surface area contributed by atoms with Crippen LogP contribution < -0.4 is 0 Å². The Balaban J connectivity index is 2.98. The van der Waals surface area contributed by atoms with Crippen LogP contribution in [0.2, 0.25) is 0 Å². The van der Waals surface area contributed by atoms with Crippen molar-refractivity contribution in [2.24, 2.45) is 0 Å². The third kappa shape index (κ3) is 14.1. The molecule has 7 heteroatoms. The zero-order valence-electron chi connectivity index (χ0n) is 21.3. The van der Waals surface area contributed by atoms with Crippen molar-refractivity contribution < 1.29 is 9.59 Å². The summed E-state index contributed by atoms with van der Waals surface area (Å²) >= 11 is 7.00. The van der Waals surface area contributed by atoms with Gasteiger partial charge in [0.15, 0.2) is 0 Å². The van der Waals surface area contributed by atoms with Crippen LogP contribution in [0.25, 0.3) is 0 Å². The van der Waals surface area contributed by atoms with Gasteiger partial charge in [0.25, 0.3) is 0 Å². The second-order valence-corrected chi connectivity index (χ2v) is 12.9. The Bertz CT molecular complexity index is 707. The van der Waals surface area contributed by atoms with Gasteiger partial charge in [-0.1, -0.05) is 59.4 Å². The number of unbranched alkanes of at least 4 members (excludes halogenated alkanes) is 4. The number of carbonyl (C=O) groups is 2. The molecule has 3 nitrogen and oxygen atoms in total. The average molecular weight is 540 g/mol. The minimum atomic E-state index is -0.128. The molecule has 190 valence electrons. The molecule has 34 heavy (non-hydrogen) atoms. The van der Waals surface area contributed by atoms with Gasteiger partial charge in [0.05, 0.1) is 0 Å². The quantitative estimate of drug-likeness (QED) is 0.0929. The molecule has 1 heterocycles. The lowest BCUT2D eigenvalue weighted by Crippen LogP contribution is -2.06. The van der Waals surface area contributed by atoms with Crippen LogP contribution in [0.1, 0.15) is 100 Å². The van der Waals surface area contributed by atoms with Gasteiger partial charge in [0.1, 0.15) is 11.4 Å². The molecule has 0 saturated carbocycles. The molecule has 0 aliphatic heterocycles. The minimum Gasteiger partial charge on any atom is -0.287 e. The molecule has 0 N–H and O–H groups in total. The van der Waals surface area contributed by atoms with E-state index in [9.17, 15) is 9.59 Å². The zero-order valence-corrected chi connectivity index (χ0v) is 24.5. The SMILES string of the molecule is CCCCSC(=CC(=O)c1cccc(C(=O)C=C(SCCCC)SCCCC)n1)SCCCC. The van der Waals surface area contributed by atoms with E-state index in [0.29, 0.717) is 11.4 Å². The van der Waals surface area contributed by atoms with Crippen LogP contribution in [0, 0.1) is 0 Å². The zero-order chi connectivity index (χ0) is 25.0. The summed E-state index contributed by atoms with van der Waals surface area (Å²) in [5.41, 5.74) is 0.672. The number of nitrogens with zero attached hydrogens (tertiary/aromatic N) is 1. The number of carbonyl (C=O) groups excluding carboxylic acids is 2. The van der Waals surface area contributed by atoms with Crippen molar-refractivity contribution >= 4 is 58.6 Å². The first-order valence-electron chi connectivity index (χ1n) is 12.6. The predicted octanol–water partition coefficient (Wildman–Crippen LogP) is 9.26. The number of thioether (sulfide) groups is 4. The van der Waals surface area contributed by atoms with Crippen LogP contribution in [0.15, 0.2) is 38.8 Å². The van der Waals surface area contributed by atoms with Gasteiger partial charge in [-0.3, -0.25) is 9.59 Å². The van der Waals surface area contributed by atoms with E-state index in [4.69, 9.17) is 0 Å². The van der Waals surface area contributed by atoms with E-state index in [1.807, 2.05) is 0 Å². The Labute approximate surface area is 224 Å². The van der Waals surface area contributed by atoms with Crippen molar-refractivity contribution in [1.82, 2.24) is 4.98 Å². The highest BCUT2D eigenvalue weighted by Gasteiger charge is 2.13. The molecule has 0 aliphatic carbocycles. The lowest BCUT2D eigenvalue weighted by molar-refractivity contribution is 0.103. The Morgan fingerprint density at radius 1 is 0.647 bits per heavy atom. The van der Waals surface area contributed by atoms with Crippen LogP contribution in [-0.2, 0) is 0 Å². The van der Waals surface area contributed by atoms with Gasteiger partial charge in [0, 0.05) is 20.6 Å². The summed E-state index contributed by atoms with van der Waals surface area (Å²) in [6.07, 6.45) is 12.5. The fourth-order valence-electron chi connectivity index (χ4n) is 2.59. The smallest absolute Gasteiger partial charge is 0.205 e. The van der Waals surface area contributed by atoms with E-state index in [-0.39, 0.29) is 11.6 Å². The average Bonchev–Trinajstić information content (AvgIpc) is 2.84. The molecule has 0 amide bonds. The Hall–Kier alpha value is -0.630. The highest BCUT2D eigenvalue weighted by Crippen LogP contribution is 2.31. The molecule has 0 saturated heterocycles. The third-order valence-corrected chi connectivity index (χ3v) is 9.72. The Morgan fingerprint density at radius 3 is 1.26 bits per heavy atom. The van der Waals surface area contributed by atoms with Gasteiger partial charge in [-0.05, 0) is 60.8 Å². The van der Waals surface area contributed by atoms with E-state index >= 15 is 0 Å². The van der Waals surface area contributed by atoms with Gasteiger partial charge in [-0.2, -0.15) is 0 Å². The molecule has 0 radical (unpaired) electrons. The van der Waals surface area contributed by atoms with Crippen molar-refractivity contribution in [2.75, 3.05) is 23.0 Å². The molecule has 1 aromatic heterocycles. The monoisotopic (exact) mass is 539 g/mol. The molecule has 0 aromatic carbocycles. The predicted molar refractivity (Wildman–Crippen MR) is 159 cm³/mol. The van der Waals surface area contributed by atoms with Crippen molar-refractivity contribution in [3.63, 3.8) is 0 Å². The highest BCUT2D eigenvalue weighted by molar-refractivity contribution is 8.22. The molecule has 1 rings (SSSR count). The summed E-state index contributed by atoms with van der Waals surface area (Å²) < 4.78 is 2.10. The minimum absolute atomic E-state index is 0.128. The highest BCUT2D eigenvalue weighted by atomic mass is 32.2. The van der Waals surface area contributed by atoms with E-state index in [1.165, 1.54) is 0 Å². The normalized spacial score (nSPS) is 10.7. The lowest BCUT2D eigenvalue weighted by Gasteiger charge is -2.07. The van der Waals surface area contributed by atoms with Crippen molar-refractivity contribution in [1.29, 1.82) is 0 Å². The van der Waals surface area contributed by atoms with Gasteiger partial charge < -0.3 is 0 Å². The molecule has 0 spiro atoms. The second-order valence-electron chi connectivity index (χ2n) is 7.87. The Morgan fingerprint density at radius 2 is 0.971 bits per heavy atom. The summed E-state index contributed by atoms with van der Waals surface area (Å²) in [6, 6.07) is 5.17. The van der Waals surface area contributed by atoms with Crippen LogP contribution in [0.3, 0.4) is 0 Å². The maximum absolute atomic E-state index is 13.0.